The number of carbonyl (C=O) groups excluding carboxylic acids is 2. The minimum atomic E-state index is 0.130. The molecule has 2 aliphatic rings. The smallest absolute Gasteiger partial charge is 0.225 e. The molecule has 1 aliphatic carbocycles. The molecule has 2 amide bonds. The normalized spacial score (nSPS) is 20.4. The molecule has 1 saturated heterocycles. The lowest BCUT2D eigenvalue weighted by Gasteiger charge is -2.33. The Balaban J connectivity index is 1.75. The van der Waals surface area contributed by atoms with Gasteiger partial charge in [-0.2, -0.15) is 0 Å². The number of hydrogen-bond donors (Lipinski definition) is 0. The Labute approximate surface area is 116 Å². The van der Waals surface area contributed by atoms with Gasteiger partial charge in [-0.3, -0.25) is 9.59 Å². The summed E-state index contributed by atoms with van der Waals surface area (Å²) in [7, 11) is 1.90. The van der Waals surface area contributed by atoms with Crippen LogP contribution < -0.4 is 0 Å². The van der Waals surface area contributed by atoms with Crippen LogP contribution in [-0.4, -0.2) is 48.3 Å². The van der Waals surface area contributed by atoms with Crippen molar-refractivity contribution in [2.75, 3.05) is 26.7 Å². The molecule has 0 bridgehead atoms. The molecule has 4 heteroatoms. The van der Waals surface area contributed by atoms with Gasteiger partial charge >= 0.3 is 0 Å². The molecule has 1 heterocycles. The lowest BCUT2D eigenvalue weighted by Crippen LogP contribution is -2.44. The Morgan fingerprint density at radius 2 is 1.74 bits per heavy atom. The Bertz CT molecular complexity index is 331. The zero-order valence-electron chi connectivity index (χ0n) is 12.2. The third kappa shape index (κ3) is 3.71. The van der Waals surface area contributed by atoms with E-state index >= 15 is 0 Å². The maximum Gasteiger partial charge on any atom is 0.225 e. The fourth-order valence-electron chi connectivity index (χ4n) is 2.75. The number of carbonyl (C=O) groups is 2. The number of hydrogen-bond acceptors (Lipinski definition) is 2. The molecule has 19 heavy (non-hydrogen) atoms. The van der Waals surface area contributed by atoms with E-state index in [0.29, 0.717) is 11.8 Å². The van der Waals surface area contributed by atoms with E-state index in [0.717, 1.165) is 58.2 Å². The van der Waals surface area contributed by atoms with E-state index in [2.05, 4.69) is 6.92 Å². The molecule has 108 valence electrons. The molecule has 1 saturated carbocycles. The van der Waals surface area contributed by atoms with E-state index in [9.17, 15) is 9.59 Å². The SMILES string of the molecule is CCCCN(C)C(=O)C1CCN(C(=O)C2CC2)CC1. The van der Waals surface area contributed by atoms with Crippen molar-refractivity contribution in [2.45, 2.75) is 45.4 Å². The first kappa shape index (κ1) is 14.4. The van der Waals surface area contributed by atoms with Crippen LogP contribution in [0.25, 0.3) is 0 Å². The van der Waals surface area contributed by atoms with Crippen LogP contribution in [0.15, 0.2) is 0 Å². The standard InChI is InChI=1S/C15H26N2O2/c1-3-4-9-16(2)14(18)13-7-10-17(11-8-13)15(19)12-5-6-12/h12-13H,3-11H2,1-2H3. The van der Waals surface area contributed by atoms with Crippen LogP contribution in [0.2, 0.25) is 0 Å². The highest BCUT2D eigenvalue weighted by Gasteiger charge is 2.36. The number of amides is 2. The zero-order chi connectivity index (χ0) is 13.8. The number of likely N-dealkylation sites (tertiary alicyclic amines) is 1. The van der Waals surface area contributed by atoms with Crippen molar-refractivity contribution >= 4 is 11.8 Å². The third-order valence-corrected chi connectivity index (χ3v) is 4.31. The van der Waals surface area contributed by atoms with E-state index < -0.39 is 0 Å². The van der Waals surface area contributed by atoms with E-state index in [1.807, 2.05) is 16.8 Å². The van der Waals surface area contributed by atoms with Crippen molar-refractivity contribution in [3.63, 3.8) is 0 Å². The maximum absolute atomic E-state index is 12.2. The summed E-state index contributed by atoms with van der Waals surface area (Å²) in [5.41, 5.74) is 0. The molecule has 0 aromatic rings. The molecular formula is C15H26N2O2. The average Bonchev–Trinajstić information content (AvgIpc) is 3.28. The highest BCUT2D eigenvalue weighted by atomic mass is 16.2. The predicted octanol–water partition coefficient (Wildman–Crippen LogP) is 1.89. The molecule has 0 unspecified atom stereocenters. The highest BCUT2D eigenvalue weighted by molar-refractivity contribution is 5.82. The summed E-state index contributed by atoms with van der Waals surface area (Å²) in [6, 6.07) is 0. The van der Waals surface area contributed by atoms with Gasteiger partial charge in [0.15, 0.2) is 0 Å². The maximum atomic E-state index is 12.2. The van der Waals surface area contributed by atoms with Gasteiger partial charge in [0.1, 0.15) is 0 Å². The van der Waals surface area contributed by atoms with Gasteiger partial charge in [-0.15, -0.1) is 0 Å². The second-order valence-corrected chi connectivity index (χ2v) is 5.99. The van der Waals surface area contributed by atoms with E-state index in [1.54, 1.807) is 0 Å². The summed E-state index contributed by atoms with van der Waals surface area (Å²) < 4.78 is 0. The lowest BCUT2D eigenvalue weighted by atomic mass is 9.95. The minimum absolute atomic E-state index is 0.130. The predicted molar refractivity (Wildman–Crippen MR) is 74.6 cm³/mol. The van der Waals surface area contributed by atoms with Crippen LogP contribution in [0.4, 0.5) is 0 Å². The van der Waals surface area contributed by atoms with Crippen molar-refractivity contribution in [3.05, 3.63) is 0 Å². The summed E-state index contributed by atoms with van der Waals surface area (Å²) in [6.07, 6.45) is 6.00. The molecule has 0 aromatic carbocycles. The largest absolute Gasteiger partial charge is 0.346 e. The number of rotatable bonds is 5. The van der Waals surface area contributed by atoms with Gasteiger partial charge in [0.25, 0.3) is 0 Å². The Morgan fingerprint density at radius 1 is 1.11 bits per heavy atom. The van der Waals surface area contributed by atoms with Crippen molar-refractivity contribution in [1.82, 2.24) is 9.80 Å². The molecule has 0 atom stereocenters. The lowest BCUT2D eigenvalue weighted by molar-refractivity contribution is -0.140. The second-order valence-electron chi connectivity index (χ2n) is 5.99. The molecular weight excluding hydrogens is 240 g/mol. The number of unbranched alkanes of at least 4 members (excludes halogenated alkanes) is 1. The number of nitrogens with zero attached hydrogens (tertiary/aromatic N) is 2. The fraction of sp³-hybridized carbons (Fsp3) is 0.867. The Hall–Kier alpha value is -1.06. The van der Waals surface area contributed by atoms with Crippen LogP contribution in [0.3, 0.4) is 0 Å². The molecule has 1 aliphatic heterocycles. The van der Waals surface area contributed by atoms with Crippen LogP contribution in [0.1, 0.15) is 45.4 Å². The Morgan fingerprint density at radius 3 is 2.26 bits per heavy atom. The second kappa shape index (κ2) is 6.40. The molecule has 0 aromatic heterocycles. The molecule has 4 nitrogen and oxygen atoms in total. The average molecular weight is 266 g/mol. The summed E-state index contributed by atoms with van der Waals surface area (Å²) in [5.74, 6) is 1.03. The Kier molecular flexibility index (Phi) is 4.83. The third-order valence-electron chi connectivity index (χ3n) is 4.31. The van der Waals surface area contributed by atoms with Crippen LogP contribution in [0.5, 0.6) is 0 Å². The molecule has 0 spiro atoms. The highest BCUT2D eigenvalue weighted by Crippen LogP contribution is 2.32. The van der Waals surface area contributed by atoms with Gasteiger partial charge < -0.3 is 9.80 Å². The van der Waals surface area contributed by atoms with Gasteiger partial charge in [-0.25, -0.2) is 0 Å². The van der Waals surface area contributed by atoms with Crippen LogP contribution in [-0.2, 0) is 9.59 Å². The van der Waals surface area contributed by atoms with Crippen LogP contribution in [0, 0.1) is 11.8 Å². The van der Waals surface area contributed by atoms with Gasteiger partial charge in [-0.05, 0) is 32.1 Å². The molecule has 0 N–H and O–H groups in total. The summed E-state index contributed by atoms with van der Waals surface area (Å²) >= 11 is 0. The summed E-state index contributed by atoms with van der Waals surface area (Å²) in [5, 5.41) is 0. The first-order valence-corrected chi connectivity index (χ1v) is 7.67. The van der Waals surface area contributed by atoms with Gasteiger partial charge in [0.2, 0.25) is 11.8 Å². The molecule has 0 radical (unpaired) electrons. The summed E-state index contributed by atoms with van der Waals surface area (Å²) in [6.45, 7) is 4.54. The van der Waals surface area contributed by atoms with Crippen molar-refractivity contribution in [3.8, 4) is 0 Å². The first-order chi connectivity index (χ1) is 9.13. The first-order valence-electron chi connectivity index (χ1n) is 7.67. The van der Waals surface area contributed by atoms with E-state index in [1.165, 1.54) is 0 Å². The van der Waals surface area contributed by atoms with E-state index in [-0.39, 0.29) is 11.8 Å². The topological polar surface area (TPSA) is 40.6 Å². The number of piperidine rings is 1. The van der Waals surface area contributed by atoms with Gasteiger partial charge in [0, 0.05) is 38.5 Å². The van der Waals surface area contributed by atoms with Gasteiger partial charge in [-0.1, -0.05) is 13.3 Å². The van der Waals surface area contributed by atoms with Crippen molar-refractivity contribution in [1.29, 1.82) is 0 Å². The zero-order valence-corrected chi connectivity index (χ0v) is 12.2. The van der Waals surface area contributed by atoms with Crippen molar-refractivity contribution < 1.29 is 9.59 Å². The molecule has 2 rings (SSSR count). The summed E-state index contributed by atoms with van der Waals surface area (Å²) in [4.78, 5) is 28.0. The van der Waals surface area contributed by atoms with Gasteiger partial charge in [0.05, 0.1) is 0 Å². The quantitative estimate of drug-likeness (QED) is 0.762. The monoisotopic (exact) mass is 266 g/mol. The van der Waals surface area contributed by atoms with Crippen molar-refractivity contribution in [2.24, 2.45) is 11.8 Å². The molecule has 2 fully saturated rings. The van der Waals surface area contributed by atoms with Crippen LogP contribution >= 0.6 is 0 Å². The fourth-order valence-corrected chi connectivity index (χ4v) is 2.75. The minimum Gasteiger partial charge on any atom is -0.346 e. The van der Waals surface area contributed by atoms with E-state index in [4.69, 9.17) is 0 Å².